The molecule has 1 heterocycles. The van der Waals surface area contributed by atoms with Crippen molar-refractivity contribution >= 4 is 16.0 Å². The zero-order valence-electron chi connectivity index (χ0n) is 11.7. The zero-order chi connectivity index (χ0) is 14.8. The van der Waals surface area contributed by atoms with E-state index < -0.39 is 16.0 Å². The fourth-order valence-electron chi connectivity index (χ4n) is 2.53. The van der Waals surface area contributed by atoms with E-state index in [2.05, 4.69) is 4.74 Å². The van der Waals surface area contributed by atoms with Crippen molar-refractivity contribution in [3.63, 3.8) is 0 Å². The first-order chi connectivity index (χ1) is 9.48. The van der Waals surface area contributed by atoms with Gasteiger partial charge in [0, 0.05) is 12.6 Å². The van der Waals surface area contributed by atoms with Gasteiger partial charge in [0.05, 0.1) is 17.6 Å². The largest absolute Gasteiger partial charge is 0.465 e. The molecule has 0 aliphatic carbocycles. The number of hydrogen-bond donors (Lipinski definition) is 0. The lowest BCUT2D eigenvalue weighted by Gasteiger charge is -2.32. The molecule has 1 saturated heterocycles. The number of piperidine rings is 1. The molecule has 110 valence electrons. The molecular weight excluding hydrogens is 278 g/mol. The molecule has 0 radical (unpaired) electrons. The highest BCUT2D eigenvalue weighted by molar-refractivity contribution is 7.89. The van der Waals surface area contributed by atoms with Crippen LogP contribution in [0.2, 0.25) is 0 Å². The molecule has 20 heavy (non-hydrogen) atoms. The molecule has 1 aliphatic rings. The van der Waals surface area contributed by atoms with E-state index in [4.69, 9.17) is 0 Å². The van der Waals surface area contributed by atoms with Gasteiger partial charge >= 0.3 is 5.97 Å². The summed E-state index contributed by atoms with van der Waals surface area (Å²) in [5.41, 5.74) is 0.0905. The van der Waals surface area contributed by atoms with E-state index in [9.17, 15) is 13.2 Å². The van der Waals surface area contributed by atoms with Crippen LogP contribution in [0.3, 0.4) is 0 Å². The Labute approximate surface area is 119 Å². The Balaban J connectivity index is 2.46. The summed E-state index contributed by atoms with van der Waals surface area (Å²) < 4.78 is 31.7. The van der Waals surface area contributed by atoms with Gasteiger partial charge in [0.2, 0.25) is 10.0 Å². The number of carbonyl (C=O) groups is 1. The normalized spacial score (nSPS) is 20.6. The highest BCUT2D eigenvalue weighted by atomic mass is 32.2. The van der Waals surface area contributed by atoms with Gasteiger partial charge < -0.3 is 4.74 Å². The maximum atomic E-state index is 12.8. The van der Waals surface area contributed by atoms with Crippen molar-refractivity contribution in [2.75, 3.05) is 13.7 Å². The smallest absolute Gasteiger partial charge is 0.339 e. The highest BCUT2D eigenvalue weighted by Gasteiger charge is 2.33. The Bertz CT molecular complexity index is 597. The Morgan fingerprint density at radius 2 is 2.00 bits per heavy atom. The molecule has 1 aromatic carbocycles. The summed E-state index contributed by atoms with van der Waals surface area (Å²) in [6, 6.07) is 6.15. The van der Waals surface area contributed by atoms with Gasteiger partial charge in [-0.05, 0) is 31.9 Å². The molecule has 1 aromatic rings. The summed E-state index contributed by atoms with van der Waals surface area (Å²) in [4.78, 5) is 11.8. The molecule has 0 aromatic heterocycles. The van der Waals surface area contributed by atoms with Crippen LogP contribution in [-0.2, 0) is 14.8 Å². The van der Waals surface area contributed by atoms with Gasteiger partial charge in [-0.2, -0.15) is 4.31 Å². The minimum absolute atomic E-state index is 0.0283. The van der Waals surface area contributed by atoms with Crippen LogP contribution < -0.4 is 0 Å². The standard InChI is InChI=1S/C14H19NO4S/c1-11-7-5-6-10-15(11)20(17,18)13-9-4-3-8-12(13)14(16)19-2/h3-4,8-9,11H,5-7,10H2,1-2H3/t11-/m0/s1. The molecule has 0 amide bonds. The number of rotatable bonds is 3. The van der Waals surface area contributed by atoms with E-state index in [-0.39, 0.29) is 16.5 Å². The third-order valence-corrected chi connectivity index (χ3v) is 5.69. The van der Waals surface area contributed by atoms with Crippen molar-refractivity contribution in [2.24, 2.45) is 0 Å². The fourth-order valence-corrected chi connectivity index (χ4v) is 4.41. The molecule has 5 nitrogen and oxygen atoms in total. The first kappa shape index (κ1) is 15.0. The van der Waals surface area contributed by atoms with Crippen molar-refractivity contribution in [3.05, 3.63) is 29.8 Å². The number of sulfonamides is 1. The quantitative estimate of drug-likeness (QED) is 0.801. The lowest BCUT2D eigenvalue weighted by Crippen LogP contribution is -2.42. The molecule has 2 rings (SSSR count). The van der Waals surface area contributed by atoms with E-state index in [1.807, 2.05) is 6.92 Å². The molecule has 0 N–H and O–H groups in total. The van der Waals surface area contributed by atoms with E-state index >= 15 is 0 Å². The highest BCUT2D eigenvalue weighted by Crippen LogP contribution is 2.27. The van der Waals surface area contributed by atoms with E-state index in [0.29, 0.717) is 6.54 Å². The average Bonchev–Trinajstić information content (AvgIpc) is 2.46. The van der Waals surface area contributed by atoms with Crippen LogP contribution in [0.1, 0.15) is 36.5 Å². The second kappa shape index (κ2) is 5.93. The van der Waals surface area contributed by atoms with E-state index in [1.165, 1.54) is 23.5 Å². The second-order valence-electron chi connectivity index (χ2n) is 4.95. The van der Waals surface area contributed by atoms with Crippen LogP contribution in [0, 0.1) is 0 Å². The van der Waals surface area contributed by atoms with Crippen LogP contribution in [0.25, 0.3) is 0 Å². The molecule has 0 saturated carbocycles. The van der Waals surface area contributed by atoms with Gasteiger partial charge in [-0.15, -0.1) is 0 Å². The van der Waals surface area contributed by atoms with Gasteiger partial charge in [-0.1, -0.05) is 18.6 Å². The summed E-state index contributed by atoms with van der Waals surface area (Å²) >= 11 is 0. The zero-order valence-corrected chi connectivity index (χ0v) is 12.5. The molecule has 1 fully saturated rings. The topological polar surface area (TPSA) is 63.7 Å². The Morgan fingerprint density at radius 1 is 1.30 bits per heavy atom. The van der Waals surface area contributed by atoms with Crippen molar-refractivity contribution in [3.8, 4) is 0 Å². The first-order valence-corrected chi connectivity index (χ1v) is 8.11. The van der Waals surface area contributed by atoms with Gasteiger partial charge in [0.25, 0.3) is 0 Å². The summed E-state index contributed by atoms with van der Waals surface area (Å²) in [6.45, 7) is 2.40. The van der Waals surface area contributed by atoms with Crippen molar-refractivity contribution in [1.82, 2.24) is 4.31 Å². The minimum atomic E-state index is -3.66. The second-order valence-corrected chi connectivity index (χ2v) is 6.81. The van der Waals surface area contributed by atoms with Crippen molar-refractivity contribution in [1.29, 1.82) is 0 Å². The molecule has 0 bridgehead atoms. The van der Waals surface area contributed by atoms with Crippen LogP contribution in [-0.4, -0.2) is 38.4 Å². The average molecular weight is 297 g/mol. The SMILES string of the molecule is COC(=O)c1ccccc1S(=O)(=O)N1CCCC[C@@H]1C. The molecule has 6 heteroatoms. The summed E-state index contributed by atoms with van der Waals surface area (Å²) in [5.74, 6) is -0.631. The third-order valence-electron chi connectivity index (χ3n) is 3.62. The van der Waals surface area contributed by atoms with Gasteiger partial charge in [-0.25, -0.2) is 13.2 Å². The summed E-state index contributed by atoms with van der Waals surface area (Å²) in [6.07, 6.45) is 2.73. The Kier molecular flexibility index (Phi) is 4.45. The number of ether oxygens (including phenoxy) is 1. The van der Waals surface area contributed by atoms with Crippen LogP contribution in [0.4, 0.5) is 0 Å². The number of methoxy groups -OCH3 is 1. The lowest BCUT2D eigenvalue weighted by molar-refractivity contribution is 0.0596. The predicted octanol–water partition coefficient (Wildman–Crippen LogP) is 2.04. The molecule has 0 spiro atoms. The summed E-state index contributed by atoms with van der Waals surface area (Å²) in [5, 5.41) is 0. The number of nitrogens with zero attached hydrogens (tertiary/aromatic N) is 1. The molecule has 0 unspecified atom stereocenters. The lowest BCUT2D eigenvalue weighted by atomic mass is 10.1. The molecular formula is C14H19NO4S. The summed E-state index contributed by atoms with van der Waals surface area (Å²) in [7, 11) is -2.42. The Morgan fingerprint density at radius 3 is 2.65 bits per heavy atom. The van der Waals surface area contributed by atoms with E-state index in [1.54, 1.807) is 12.1 Å². The third kappa shape index (κ3) is 2.71. The van der Waals surface area contributed by atoms with Gasteiger partial charge in [0.15, 0.2) is 0 Å². The van der Waals surface area contributed by atoms with Gasteiger partial charge in [-0.3, -0.25) is 0 Å². The van der Waals surface area contributed by atoms with Gasteiger partial charge in [0.1, 0.15) is 0 Å². The van der Waals surface area contributed by atoms with Crippen molar-refractivity contribution < 1.29 is 17.9 Å². The predicted molar refractivity (Wildman–Crippen MR) is 75.0 cm³/mol. The van der Waals surface area contributed by atoms with Crippen molar-refractivity contribution in [2.45, 2.75) is 37.1 Å². The Hall–Kier alpha value is -1.40. The first-order valence-electron chi connectivity index (χ1n) is 6.67. The fraction of sp³-hybridized carbons (Fsp3) is 0.500. The minimum Gasteiger partial charge on any atom is -0.465 e. The van der Waals surface area contributed by atoms with E-state index in [0.717, 1.165) is 19.3 Å². The number of carbonyl (C=O) groups excluding carboxylic acids is 1. The molecule has 1 aliphatic heterocycles. The number of hydrogen-bond acceptors (Lipinski definition) is 4. The molecule has 1 atom stereocenters. The maximum absolute atomic E-state index is 12.8. The van der Waals surface area contributed by atoms with Crippen LogP contribution in [0.5, 0.6) is 0 Å². The monoisotopic (exact) mass is 297 g/mol. The maximum Gasteiger partial charge on any atom is 0.339 e. The van der Waals surface area contributed by atoms with Crippen LogP contribution >= 0.6 is 0 Å². The number of esters is 1. The van der Waals surface area contributed by atoms with Crippen LogP contribution in [0.15, 0.2) is 29.2 Å². The number of benzene rings is 1.